The molecule has 162 valence electrons. The van der Waals surface area contributed by atoms with Gasteiger partial charge in [0.25, 0.3) is 5.91 Å². The van der Waals surface area contributed by atoms with E-state index in [0.29, 0.717) is 11.4 Å². The molecule has 0 bridgehead atoms. The van der Waals surface area contributed by atoms with Crippen LogP contribution in [0.25, 0.3) is 10.9 Å². The Labute approximate surface area is 180 Å². The van der Waals surface area contributed by atoms with Crippen LogP contribution in [0.5, 0.6) is 0 Å². The number of fused-ring (bicyclic) bond motifs is 1. The summed E-state index contributed by atoms with van der Waals surface area (Å²) in [5, 5.41) is 14.7. The van der Waals surface area contributed by atoms with Gasteiger partial charge in [0.15, 0.2) is 0 Å². The van der Waals surface area contributed by atoms with Crippen molar-refractivity contribution in [1.82, 2.24) is 30.1 Å². The molecule has 0 atom stereocenters. The van der Waals surface area contributed by atoms with Crippen molar-refractivity contribution in [2.45, 2.75) is 25.8 Å². The predicted molar refractivity (Wildman–Crippen MR) is 116 cm³/mol. The number of hydroxylamine groups is 1. The third-order valence-electron chi connectivity index (χ3n) is 6.83. The first-order chi connectivity index (χ1) is 15.1. The minimum atomic E-state index is -0.601. The largest absolute Gasteiger partial charge is 0.341 e. The van der Waals surface area contributed by atoms with E-state index in [1.54, 1.807) is 5.48 Å². The van der Waals surface area contributed by atoms with Crippen LogP contribution in [0.2, 0.25) is 0 Å². The summed E-state index contributed by atoms with van der Waals surface area (Å²) in [6, 6.07) is 8.43. The quantitative estimate of drug-likeness (QED) is 0.491. The van der Waals surface area contributed by atoms with E-state index in [1.165, 1.54) is 29.7 Å². The molecule has 4 heterocycles. The number of nitrogens with zero attached hydrogens (tertiary/aromatic N) is 6. The number of carbonyl (C=O) groups excluding carboxylic acids is 1. The minimum absolute atomic E-state index is 0.244. The number of anilines is 1. The highest BCUT2D eigenvalue weighted by molar-refractivity contribution is 5.92. The van der Waals surface area contributed by atoms with E-state index in [2.05, 4.69) is 44.0 Å². The van der Waals surface area contributed by atoms with Gasteiger partial charge < -0.3 is 4.90 Å². The fourth-order valence-corrected chi connectivity index (χ4v) is 5.04. The Balaban J connectivity index is 1.21. The van der Waals surface area contributed by atoms with Gasteiger partial charge in [0.1, 0.15) is 0 Å². The van der Waals surface area contributed by atoms with Gasteiger partial charge in [0, 0.05) is 51.0 Å². The molecule has 0 saturated carbocycles. The molecule has 0 aliphatic carbocycles. The third kappa shape index (κ3) is 3.75. The van der Waals surface area contributed by atoms with Crippen molar-refractivity contribution in [2.24, 2.45) is 12.5 Å². The summed E-state index contributed by atoms with van der Waals surface area (Å²) in [7, 11) is 2.01. The van der Waals surface area contributed by atoms with Crippen LogP contribution < -0.4 is 10.4 Å². The smallest absolute Gasteiger partial charge is 0.277 e. The van der Waals surface area contributed by atoms with Gasteiger partial charge >= 0.3 is 0 Å². The van der Waals surface area contributed by atoms with E-state index in [1.807, 2.05) is 11.7 Å². The highest BCUT2D eigenvalue weighted by atomic mass is 16.5. The number of rotatable bonds is 4. The summed E-state index contributed by atoms with van der Waals surface area (Å²) >= 11 is 0. The lowest BCUT2D eigenvalue weighted by atomic mass is 9.78. The highest BCUT2D eigenvalue weighted by Gasteiger charge is 2.41. The molecule has 0 radical (unpaired) electrons. The van der Waals surface area contributed by atoms with Crippen LogP contribution in [0.15, 0.2) is 36.7 Å². The minimum Gasteiger partial charge on any atom is -0.341 e. The fraction of sp³-hybridized carbons (Fsp3) is 0.455. The van der Waals surface area contributed by atoms with Gasteiger partial charge in [-0.25, -0.2) is 15.4 Å². The Hall–Kier alpha value is -3.04. The van der Waals surface area contributed by atoms with E-state index in [4.69, 9.17) is 10.3 Å². The Morgan fingerprint density at radius 3 is 2.58 bits per heavy atom. The number of benzene rings is 1. The second kappa shape index (κ2) is 7.90. The van der Waals surface area contributed by atoms with E-state index < -0.39 is 5.91 Å². The molecular formula is C22H27N7O2. The van der Waals surface area contributed by atoms with Crippen molar-refractivity contribution in [3.05, 3.63) is 47.9 Å². The monoisotopic (exact) mass is 421 g/mol. The average molecular weight is 422 g/mol. The fourth-order valence-electron chi connectivity index (χ4n) is 5.04. The summed E-state index contributed by atoms with van der Waals surface area (Å²) in [4.78, 5) is 24.8. The van der Waals surface area contributed by atoms with Crippen molar-refractivity contribution in [3.63, 3.8) is 0 Å². The Morgan fingerprint density at radius 2 is 1.84 bits per heavy atom. The number of amides is 1. The molecule has 2 saturated heterocycles. The van der Waals surface area contributed by atoms with Gasteiger partial charge in [0.2, 0.25) is 5.95 Å². The third-order valence-corrected chi connectivity index (χ3v) is 6.83. The SMILES string of the molecule is Cn1nc(CN2CCC3(CCN(c4ncc(C(=O)NO)cn4)CC3)C2)c2ccccc21. The molecule has 1 amide bonds. The normalized spacial score (nSPS) is 18.7. The zero-order valence-electron chi connectivity index (χ0n) is 17.7. The molecule has 31 heavy (non-hydrogen) atoms. The Kier molecular flexibility index (Phi) is 5.07. The predicted octanol–water partition coefficient (Wildman–Crippen LogP) is 1.97. The van der Waals surface area contributed by atoms with Gasteiger partial charge in [-0.3, -0.25) is 19.6 Å². The van der Waals surface area contributed by atoms with Crippen LogP contribution in [-0.4, -0.2) is 61.9 Å². The Morgan fingerprint density at radius 1 is 1.13 bits per heavy atom. The van der Waals surface area contributed by atoms with Crippen molar-refractivity contribution < 1.29 is 10.0 Å². The molecule has 2 N–H and O–H groups in total. The van der Waals surface area contributed by atoms with Crippen molar-refractivity contribution >= 4 is 22.8 Å². The Bertz CT molecular complexity index is 1090. The van der Waals surface area contributed by atoms with Crippen LogP contribution in [0.4, 0.5) is 5.95 Å². The molecule has 1 aromatic carbocycles. The molecule has 2 fully saturated rings. The molecule has 2 aromatic heterocycles. The number of aryl methyl sites for hydroxylation is 1. The molecule has 2 aliphatic rings. The number of para-hydroxylation sites is 1. The maximum Gasteiger partial charge on any atom is 0.277 e. The summed E-state index contributed by atoms with van der Waals surface area (Å²) in [5.74, 6) is 0.0371. The highest BCUT2D eigenvalue weighted by Crippen LogP contribution is 2.41. The lowest BCUT2D eigenvalue weighted by Gasteiger charge is -2.39. The molecule has 2 aliphatic heterocycles. The van der Waals surface area contributed by atoms with E-state index in [9.17, 15) is 4.79 Å². The lowest BCUT2D eigenvalue weighted by Crippen LogP contribution is -2.42. The number of piperidine rings is 1. The number of carbonyl (C=O) groups is 1. The topological polar surface area (TPSA) is 99.4 Å². The number of nitrogens with one attached hydrogen (secondary N) is 1. The molecule has 9 nitrogen and oxygen atoms in total. The van der Waals surface area contributed by atoms with Crippen LogP contribution in [0.1, 0.15) is 35.3 Å². The number of likely N-dealkylation sites (tertiary alicyclic amines) is 1. The maximum atomic E-state index is 11.4. The molecular weight excluding hydrogens is 394 g/mol. The van der Waals surface area contributed by atoms with Gasteiger partial charge in [-0.15, -0.1) is 0 Å². The van der Waals surface area contributed by atoms with Crippen molar-refractivity contribution in [3.8, 4) is 0 Å². The lowest BCUT2D eigenvalue weighted by molar-refractivity contribution is 0.0705. The van der Waals surface area contributed by atoms with Gasteiger partial charge in [-0.1, -0.05) is 18.2 Å². The first kappa shape index (κ1) is 19.9. The summed E-state index contributed by atoms with van der Waals surface area (Å²) < 4.78 is 1.98. The van der Waals surface area contributed by atoms with E-state index >= 15 is 0 Å². The summed E-state index contributed by atoms with van der Waals surface area (Å²) in [6.07, 6.45) is 6.32. The second-order valence-electron chi connectivity index (χ2n) is 8.75. The van der Waals surface area contributed by atoms with Crippen LogP contribution >= 0.6 is 0 Å². The van der Waals surface area contributed by atoms with E-state index in [0.717, 1.165) is 51.3 Å². The molecule has 3 aromatic rings. The standard InChI is InChI=1S/C22H27N7O2/c1-27-19-5-3-2-4-17(19)18(25-27)14-28-9-6-22(15-28)7-10-29(11-8-22)21-23-12-16(13-24-21)20(30)26-31/h2-5,12-13,31H,6-11,14-15H2,1H3,(H,26,30). The van der Waals surface area contributed by atoms with Crippen molar-refractivity contribution in [2.75, 3.05) is 31.1 Å². The van der Waals surface area contributed by atoms with Crippen molar-refractivity contribution in [1.29, 1.82) is 0 Å². The van der Waals surface area contributed by atoms with Crippen LogP contribution in [-0.2, 0) is 13.6 Å². The number of hydrogen-bond donors (Lipinski definition) is 2. The second-order valence-corrected chi connectivity index (χ2v) is 8.75. The van der Waals surface area contributed by atoms with Crippen LogP contribution in [0.3, 0.4) is 0 Å². The van der Waals surface area contributed by atoms with Crippen LogP contribution in [0, 0.1) is 5.41 Å². The number of aromatic nitrogens is 4. The van der Waals surface area contributed by atoms with Gasteiger partial charge in [-0.05, 0) is 37.3 Å². The first-order valence-corrected chi connectivity index (χ1v) is 10.7. The molecule has 0 unspecified atom stereocenters. The van der Waals surface area contributed by atoms with Gasteiger partial charge in [-0.2, -0.15) is 5.10 Å². The zero-order valence-corrected chi connectivity index (χ0v) is 17.7. The average Bonchev–Trinajstić information content (AvgIpc) is 3.35. The molecule has 9 heteroatoms. The summed E-state index contributed by atoms with van der Waals surface area (Å²) in [5.41, 5.74) is 4.53. The molecule has 5 rings (SSSR count). The van der Waals surface area contributed by atoms with Gasteiger partial charge in [0.05, 0.1) is 16.8 Å². The number of hydrogen-bond acceptors (Lipinski definition) is 7. The van der Waals surface area contributed by atoms with E-state index in [-0.39, 0.29) is 5.56 Å². The molecule has 1 spiro atoms. The first-order valence-electron chi connectivity index (χ1n) is 10.7. The maximum absolute atomic E-state index is 11.4. The zero-order chi connectivity index (χ0) is 21.4. The summed E-state index contributed by atoms with van der Waals surface area (Å²) in [6.45, 7) is 4.91.